The molecule has 0 fully saturated rings. The molecule has 5 heteroatoms. The van der Waals surface area contributed by atoms with Crippen molar-refractivity contribution in [3.8, 4) is 0 Å². The van der Waals surface area contributed by atoms with Crippen molar-refractivity contribution in [1.29, 1.82) is 0 Å². The second-order valence-corrected chi connectivity index (χ2v) is 4.78. The molecule has 4 nitrogen and oxygen atoms in total. The van der Waals surface area contributed by atoms with Crippen LogP contribution in [-0.4, -0.2) is 11.1 Å². The van der Waals surface area contributed by atoms with Gasteiger partial charge < -0.3 is 9.52 Å². The molecule has 88 valence electrons. The third-order valence-corrected chi connectivity index (χ3v) is 3.17. The topological polar surface area (TPSA) is 67.5 Å². The first kappa shape index (κ1) is 12.1. The number of hydrogen-bond acceptors (Lipinski definition) is 3. The lowest BCUT2D eigenvalue weighted by Crippen LogP contribution is -2.15. The lowest BCUT2D eigenvalue weighted by Gasteiger charge is -2.04. The van der Waals surface area contributed by atoms with E-state index in [0.29, 0.717) is 17.4 Å². The Morgan fingerprint density at radius 3 is 2.76 bits per heavy atom. The normalized spacial score (nSPS) is 10.7. The van der Waals surface area contributed by atoms with E-state index >= 15 is 0 Å². The molecule has 0 bridgehead atoms. The van der Waals surface area contributed by atoms with Gasteiger partial charge >= 0.3 is 5.97 Å². The Morgan fingerprint density at radius 2 is 2.18 bits per heavy atom. The van der Waals surface area contributed by atoms with Gasteiger partial charge in [-0.15, -0.1) is 0 Å². The molecular weight excluding hydrogens is 335 g/mol. The Hall–Kier alpha value is -1.37. The Morgan fingerprint density at radius 1 is 1.47 bits per heavy atom. The van der Waals surface area contributed by atoms with E-state index in [9.17, 15) is 9.59 Å². The van der Waals surface area contributed by atoms with E-state index in [-0.39, 0.29) is 16.8 Å². The molecule has 0 amide bonds. The SMILES string of the molecule is CCc1c(C(=O)O)oc2ccc(I)cc2c1=O. The Bertz CT molecular complexity index is 657. The molecule has 1 N–H and O–H groups in total. The van der Waals surface area contributed by atoms with Crippen molar-refractivity contribution < 1.29 is 14.3 Å². The van der Waals surface area contributed by atoms with E-state index in [2.05, 4.69) is 22.6 Å². The maximum atomic E-state index is 12.1. The molecule has 0 aliphatic rings. The summed E-state index contributed by atoms with van der Waals surface area (Å²) in [7, 11) is 0. The third kappa shape index (κ3) is 2.06. The van der Waals surface area contributed by atoms with Crippen LogP contribution in [0.4, 0.5) is 0 Å². The molecule has 0 atom stereocenters. The molecule has 1 aromatic carbocycles. The van der Waals surface area contributed by atoms with Crippen LogP contribution in [0.15, 0.2) is 27.4 Å². The molecular formula is C12H9IO4. The van der Waals surface area contributed by atoms with Gasteiger partial charge in [-0.3, -0.25) is 4.79 Å². The van der Waals surface area contributed by atoms with Crippen LogP contribution in [0.25, 0.3) is 11.0 Å². The number of carboxylic acids is 1. The van der Waals surface area contributed by atoms with Gasteiger partial charge in [-0.25, -0.2) is 4.79 Å². The van der Waals surface area contributed by atoms with Crippen molar-refractivity contribution in [2.45, 2.75) is 13.3 Å². The molecule has 2 aromatic rings. The lowest BCUT2D eigenvalue weighted by molar-refractivity contribution is 0.0661. The lowest BCUT2D eigenvalue weighted by atomic mass is 10.1. The number of carbonyl (C=O) groups is 1. The van der Waals surface area contributed by atoms with Crippen LogP contribution >= 0.6 is 22.6 Å². The first-order chi connectivity index (χ1) is 8.04. The highest BCUT2D eigenvalue weighted by Gasteiger charge is 2.18. The summed E-state index contributed by atoms with van der Waals surface area (Å²) in [5, 5.41) is 9.43. The molecule has 0 saturated carbocycles. The minimum atomic E-state index is -1.21. The summed E-state index contributed by atoms with van der Waals surface area (Å²) in [5.74, 6) is -1.47. The molecule has 1 aromatic heterocycles. The Kier molecular flexibility index (Phi) is 3.19. The number of hydrogen-bond donors (Lipinski definition) is 1. The quantitative estimate of drug-likeness (QED) is 0.851. The fraction of sp³-hybridized carbons (Fsp3) is 0.167. The summed E-state index contributed by atoms with van der Waals surface area (Å²) in [5.41, 5.74) is 0.265. The first-order valence-electron chi connectivity index (χ1n) is 5.03. The molecule has 0 saturated heterocycles. The molecule has 1 heterocycles. The molecule has 0 unspecified atom stereocenters. The molecule has 0 radical (unpaired) electrons. The molecule has 0 aliphatic carbocycles. The number of halogens is 1. The summed E-state index contributed by atoms with van der Waals surface area (Å²) in [6, 6.07) is 5.08. The van der Waals surface area contributed by atoms with Crippen LogP contribution in [0.5, 0.6) is 0 Å². The number of fused-ring (bicyclic) bond motifs is 1. The van der Waals surface area contributed by atoms with Crippen molar-refractivity contribution in [2.75, 3.05) is 0 Å². The van der Waals surface area contributed by atoms with Crippen LogP contribution in [0, 0.1) is 3.57 Å². The van der Waals surface area contributed by atoms with Crippen molar-refractivity contribution in [2.24, 2.45) is 0 Å². The summed E-state index contributed by atoms with van der Waals surface area (Å²) in [4.78, 5) is 23.1. The minimum absolute atomic E-state index is 0.215. The highest BCUT2D eigenvalue weighted by atomic mass is 127. The fourth-order valence-electron chi connectivity index (χ4n) is 1.70. The average Bonchev–Trinajstić information content (AvgIpc) is 2.29. The monoisotopic (exact) mass is 344 g/mol. The van der Waals surface area contributed by atoms with Gasteiger partial charge in [0, 0.05) is 3.57 Å². The zero-order chi connectivity index (χ0) is 12.6. The smallest absolute Gasteiger partial charge is 0.372 e. The van der Waals surface area contributed by atoms with Crippen LogP contribution in [0.2, 0.25) is 0 Å². The van der Waals surface area contributed by atoms with Crippen molar-refractivity contribution in [3.05, 3.63) is 43.3 Å². The van der Waals surface area contributed by atoms with Gasteiger partial charge in [-0.2, -0.15) is 0 Å². The van der Waals surface area contributed by atoms with Gasteiger partial charge in [-0.05, 0) is 47.2 Å². The van der Waals surface area contributed by atoms with Crippen LogP contribution in [0.3, 0.4) is 0 Å². The summed E-state index contributed by atoms with van der Waals surface area (Å²) in [6.45, 7) is 1.73. The number of benzene rings is 1. The molecule has 17 heavy (non-hydrogen) atoms. The number of rotatable bonds is 2. The van der Waals surface area contributed by atoms with Crippen LogP contribution < -0.4 is 5.43 Å². The Balaban J connectivity index is 2.93. The van der Waals surface area contributed by atoms with E-state index in [0.717, 1.165) is 3.57 Å². The van der Waals surface area contributed by atoms with Gasteiger partial charge in [0.25, 0.3) is 0 Å². The molecule has 0 aliphatic heterocycles. The third-order valence-electron chi connectivity index (χ3n) is 2.49. The number of aromatic carboxylic acids is 1. The van der Waals surface area contributed by atoms with E-state index in [1.165, 1.54) is 0 Å². The molecule has 2 rings (SSSR count). The van der Waals surface area contributed by atoms with E-state index in [1.807, 2.05) is 0 Å². The summed E-state index contributed by atoms with van der Waals surface area (Å²) >= 11 is 2.09. The van der Waals surface area contributed by atoms with Gasteiger partial charge in [0.1, 0.15) is 5.58 Å². The minimum Gasteiger partial charge on any atom is -0.475 e. The zero-order valence-electron chi connectivity index (χ0n) is 8.99. The highest BCUT2D eigenvalue weighted by molar-refractivity contribution is 14.1. The standard InChI is InChI=1S/C12H9IO4/c1-2-7-10(14)8-5-6(13)3-4-9(8)17-11(7)12(15)16/h3-5H,2H2,1H3,(H,15,16). The first-order valence-corrected chi connectivity index (χ1v) is 6.11. The van der Waals surface area contributed by atoms with E-state index in [1.54, 1.807) is 25.1 Å². The van der Waals surface area contributed by atoms with Gasteiger partial charge in [-0.1, -0.05) is 6.92 Å². The second kappa shape index (κ2) is 4.48. The van der Waals surface area contributed by atoms with Crippen molar-refractivity contribution >= 4 is 39.5 Å². The maximum absolute atomic E-state index is 12.1. The predicted molar refractivity (Wildman–Crippen MR) is 71.5 cm³/mol. The fourth-order valence-corrected chi connectivity index (χ4v) is 2.19. The maximum Gasteiger partial charge on any atom is 0.372 e. The Labute approximate surface area is 110 Å². The number of carboxylic acid groups (broad SMARTS) is 1. The van der Waals surface area contributed by atoms with Crippen LogP contribution in [0.1, 0.15) is 23.0 Å². The van der Waals surface area contributed by atoms with E-state index < -0.39 is 5.97 Å². The second-order valence-electron chi connectivity index (χ2n) is 3.54. The van der Waals surface area contributed by atoms with Crippen LogP contribution in [-0.2, 0) is 6.42 Å². The van der Waals surface area contributed by atoms with Crippen molar-refractivity contribution in [3.63, 3.8) is 0 Å². The molecule has 0 spiro atoms. The predicted octanol–water partition coefficient (Wildman–Crippen LogP) is 2.66. The van der Waals surface area contributed by atoms with Gasteiger partial charge in [0.15, 0.2) is 5.43 Å². The highest BCUT2D eigenvalue weighted by Crippen LogP contribution is 2.18. The summed E-state index contributed by atoms with van der Waals surface area (Å²) < 4.78 is 6.19. The average molecular weight is 344 g/mol. The zero-order valence-corrected chi connectivity index (χ0v) is 11.1. The van der Waals surface area contributed by atoms with Crippen molar-refractivity contribution in [1.82, 2.24) is 0 Å². The summed E-state index contributed by atoms with van der Waals surface area (Å²) in [6.07, 6.45) is 0.339. The van der Waals surface area contributed by atoms with E-state index in [4.69, 9.17) is 9.52 Å². The van der Waals surface area contributed by atoms with Gasteiger partial charge in [0.05, 0.1) is 10.9 Å². The van der Waals surface area contributed by atoms with Gasteiger partial charge in [0.2, 0.25) is 5.76 Å². The largest absolute Gasteiger partial charge is 0.475 e.